The molecule has 0 atom stereocenters. The van der Waals surface area contributed by atoms with Crippen molar-refractivity contribution in [1.82, 2.24) is 4.90 Å². The number of aryl methyl sites for hydroxylation is 1. The molecule has 4 rings (SSSR count). The van der Waals surface area contributed by atoms with E-state index in [1.807, 2.05) is 45.0 Å². The Kier molecular flexibility index (Phi) is 11.0. The average molecular weight is 521 g/mol. The van der Waals surface area contributed by atoms with Gasteiger partial charge < -0.3 is 24.5 Å². The van der Waals surface area contributed by atoms with Crippen molar-refractivity contribution in [2.24, 2.45) is 0 Å². The van der Waals surface area contributed by atoms with Gasteiger partial charge in [0.2, 0.25) is 0 Å². The number of rotatable bonds is 9. The lowest BCUT2D eigenvalue weighted by molar-refractivity contribution is 0.112. The van der Waals surface area contributed by atoms with E-state index in [-0.39, 0.29) is 11.4 Å². The van der Waals surface area contributed by atoms with Crippen molar-refractivity contribution in [3.63, 3.8) is 0 Å². The van der Waals surface area contributed by atoms with Crippen LogP contribution in [0.4, 0.5) is 5.69 Å². The Morgan fingerprint density at radius 2 is 1.89 bits per heavy atom. The molecule has 1 saturated heterocycles. The molecule has 1 aliphatic rings. The number of piperidine rings is 1. The molecule has 0 radical (unpaired) electrons. The van der Waals surface area contributed by atoms with E-state index in [2.05, 4.69) is 10.2 Å². The van der Waals surface area contributed by atoms with Crippen molar-refractivity contribution in [3.05, 3.63) is 75.2 Å². The third kappa shape index (κ3) is 8.21. The molecular weight excluding hydrogens is 480 g/mol. The molecule has 3 aromatic rings. The van der Waals surface area contributed by atoms with Gasteiger partial charge in [0.25, 0.3) is 0 Å². The van der Waals surface area contributed by atoms with E-state index in [1.54, 1.807) is 25.2 Å². The van der Waals surface area contributed by atoms with Crippen LogP contribution < -0.4 is 15.7 Å². The van der Waals surface area contributed by atoms with Crippen LogP contribution in [0.3, 0.4) is 0 Å². The molecule has 1 fully saturated rings. The summed E-state index contributed by atoms with van der Waals surface area (Å²) in [5.74, 6) is 1.04. The highest BCUT2D eigenvalue weighted by molar-refractivity contribution is 5.84. The minimum absolute atomic E-state index is 0.244. The van der Waals surface area contributed by atoms with Gasteiger partial charge in [-0.3, -0.25) is 4.79 Å². The van der Waals surface area contributed by atoms with Gasteiger partial charge in [-0.25, -0.2) is 4.79 Å². The van der Waals surface area contributed by atoms with Gasteiger partial charge in [0.1, 0.15) is 29.1 Å². The molecule has 7 nitrogen and oxygen atoms in total. The zero-order valence-electron chi connectivity index (χ0n) is 23.0. The Morgan fingerprint density at radius 3 is 2.58 bits per heavy atom. The fourth-order valence-electron chi connectivity index (χ4n) is 4.45. The quantitative estimate of drug-likeness (QED) is 0.152. The highest BCUT2D eigenvalue weighted by Gasteiger charge is 2.12. The molecule has 2 N–H and O–H groups in total. The summed E-state index contributed by atoms with van der Waals surface area (Å²) in [5, 5.41) is 13.3. The van der Waals surface area contributed by atoms with E-state index in [9.17, 15) is 14.7 Å². The van der Waals surface area contributed by atoms with Crippen molar-refractivity contribution in [1.29, 1.82) is 0 Å². The van der Waals surface area contributed by atoms with Crippen LogP contribution in [-0.2, 0) is 6.42 Å². The second-order valence-corrected chi connectivity index (χ2v) is 9.90. The van der Waals surface area contributed by atoms with Crippen molar-refractivity contribution in [3.8, 4) is 11.5 Å². The number of phenolic OH excluding ortho intramolecular Hbond substituents is 1. The van der Waals surface area contributed by atoms with E-state index >= 15 is 0 Å². The maximum atomic E-state index is 11.9. The van der Waals surface area contributed by atoms with Crippen LogP contribution in [0.2, 0.25) is 0 Å². The highest BCUT2D eigenvalue weighted by Crippen LogP contribution is 2.28. The number of hydrogen-bond acceptors (Lipinski definition) is 7. The number of anilines is 1. The largest absolute Gasteiger partial charge is 0.508 e. The van der Waals surface area contributed by atoms with Crippen molar-refractivity contribution in [2.75, 3.05) is 38.6 Å². The van der Waals surface area contributed by atoms with Crippen LogP contribution in [0.25, 0.3) is 11.0 Å². The number of fused-ring (bicyclic) bond motifs is 1. The van der Waals surface area contributed by atoms with E-state index in [4.69, 9.17) is 9.15 Å². The Balaban J connectivity index is 0.000000244. The number of phenols is 1. The number of allylic oxidation sites excluding steroid dienone is 2. The number of hydrogen-bond donors (Lipinski definition) is 2. The molecule has 7 heteroatoms. The zero-order chi connectivity index (χ0) is 27.5. The summed E-state index contributed by atoms with van der Waals surface area (Å²) >= 11 is 0. The number of aldehydes is 1. The molecule has 204 valence electrons. The molecule has 0 spiro atoms. The van der Waals surface area contributed by atoms with Gasteiger partial charge in [-0.15, -0.1) is 0 Å². The standard InChI is InChI=1S/C19H26N2O3.C12H14O2/c1-14-17(23-12-6-11-21-9-4-3-5-10-21)8-7-15-13-16(20-2)19(22)24-18(14)15;1-9(2)3-5-11-7-10(8-13)4-6-12(11)14/h7-8,13,20H,3-6,9-12H2,1-2H3;3-4,6-8,14H,5H2,1-2H3. The minimum Gasteiger partial charge on any atom is -0.508 e. The molecular formula is C31H40N2O5. The maximum absolute atomic E-state index is 11.9. The molecule has 0 bridgehead atoms. The number of ether oxygens (including phenoxy) is 1. The van der Waals surface area contributed by atoms with Crippen molar-refractivity contribution < 1.29 is 19.1 Å². The second kappa shape index (κ2) is 14.4. The highest BCUT2D eigenvalue weighted by atomic mass is 16.5. The molecule has 0 amide bonds. The minimum atomic E-state index is -0.352. The molecule has 2 aromatic carbocycles. The van der Waals surface area contributed by atoms with Gasteiger partial charge in [0.05, 0.1) is 6.61 Å². The average Bonchev–Trinajstić information content (AvgIpc) is 2.92. The summed E-state index contributed by atoms with van der Waals surface area (Å²) in [4.78, 5) is 24.9. The lowest BCUT2D eigenvalue weighted by Crippen LogP contribution is -2.31. The number of aromatic hydroxyl groups is 1. The Labute approximate surface area is 225 Å². The molecule has 0 aliphatic carbocycles. The van der Waals surface area contributed by atoms with Gasteiger partial charge in [0, 0.05) is 30.1 Å². The first-order chi connectivity index (χ1) is 18.3. The first-order valence-corrected chi connectivity index (χ1v) is 13.3. The van der Waals surface area contributed by atoms with Gasteiger partial charge in [-0.1, -0.05) is 18.1 Å². The SMILES string of the molecule is CC(C)=CCc1cc(C=O)ccc1O.CNc1cc2ccc(OCCCN3CCCCC3)c(C)c2oc1=O. The van der Waals surface area contributed by atoms with E-state index < -0.39 is 0 Å². The number of benzene rings is 2. The number of nitrogens with one attached hydrogen (secondary N) is 1. The molecule has 0 saturated carbocycles. The molecule has 38 heavy (non-hydrogen) atoms. The van der Waals surface area contributed by atoms with Gasteiger partial charge in [0.15, 0.2) is 0 Å². The van der Waals surface area contributed by atoms with Crippen molar-refractivity contribution in [2.45, 2.75) is 52.9 Å². The summed E-state index contributed by atoms with van der Waals surface area (Å²) < 4.78 is 11.4. The van der Waals surface area contributed by atoms with Crippen LogP contribution in [0.15, 0.2) is 57.3 Å². The summed E-state index contributed by atoms with van der Waals surface area (Å²) in [6, 6.07) is 10.6. The Morgan fingerprint density at radius 1 is 1.13 bits per heavy atom. The normalized spacial score (nSPS) is 13.4. The fourth-order valence-corrected chi connectivity index (χ4v) is 4.45. The maximum Gasteiger partial charge on any atom is 0.359 e. The number of likely N-dealkylation sites (tertiary alicyclic amines) is 1. The fraction of sp³-hybridized carbons (Fsp3) is 0.419. The lowest BCUT2D eigenvalue weighted by Gasteiger charge is -2.26. The molecule has 2 heterocycles. The Hall–Kier alpha value is -3.58. The molecule has 1 aliphatic heterocycles. The predicted molar refractivity (Wildman–Crippen MR) is 154 cm³/mol. The second-order valence-electron chi connectivity index (χ2n) is 9.90. The monoisotopic (exact) mass is 520 g/mol. The molecule has 0 unspecified atom stereocenters. The summed E-state index contributed by atoms with van der Waals surface area (Å²) in [5.41, 5.74) is 4.18. The van der Waals surface area contributed by atoms with Gasteiger partial charge in [-0.2, -0.15) is 0 Å². The summed E-state index contributed by atoms with van der Waals surface area (Å²) in [7, 11) is 1.71. The van der Waals surface area contributed by atoms with Crippen LogP contribution >= 0.6 is 0 Å². The third-order valence-corrected chi connectivity index (χ3v) is 6.67. The van der Waals surface area contributed by atoms with E-state index in [0.29, 0.717) is 29.9 Å². The van der Waals surface area contributed by atoms with Crippen molar-refractivity contribution >= 4 is 22.9 Å². The summed E-state index contributed by atoms with van der Waals surface area (Å²) in [6.07, 6.45) is 8.48. The van der Waals surface area contributed by atoms with Gasteiger partial charge >= 0.3 is 5.63 Å². The van der Waals surface area contributed by atoms with Crippen LogP contribution in [-0.4, -0.2) is 49.6 Å². The van der Waals surface area contributed by atoms with Crippen LogP contribution in [0.5, 0.6) is 11.5 Å². The topological polar surface area (TPSA) is 92.0 Å². The summed E-state index contributed by atoms with van der Waals surface area (Å²) in [6.45, 7) is 10.1. The van der Waals surface area contributed by atoms with E-state index in [0.717, 1.165) is 41.5 Å². The number of carbonyl (C=O) groups excluding carboxylic acids is 1. The third-order valence-electron chi connectivity index (χ3n) is 6.67. The first-order valence-electron chi connectivity index (χ1n) is 13.3. The van der Waals surface area contributed by atoms with Gasteiger partial charge in [-0.05, 0) is 102 Å². The van der Waals surface area contributed by atoms with Crippen LogP contribution in [0.1, 0.15) is 61.0 Å². The molecule has 1 aromatic heterocycles. The Bertz CT molecular complexity index is 1300. The smallest absolute Gasteiger partial charge is 0.359 e. The first kappa shape index (κ1) is 29.0. The number of carbonyl (C=O) groups is 1. The lowest BCUT2D eigenvalue weighted by atomic mass is 10.1. The van der Waals surface area contributed by atoms with Crippen LogP contribution in [0, 0.1) is 6.92 Å². The predicted octanol–water partition coefficient (Wildman–Crippen LogP) is 6.11. The van der Waals surface area contributed by atoms with E-state index in [1.165, 1.54) is 37.9 Å². The zero-order valence-corrected chi connectivity index (χ0v) is 23.0. The number of nitrogens with zero attached hydrogens (tertiary/aromatic N) is 1.